The molecule has 2 aliphatic rings. The fourth-order valence-corrected chi connectivity index (χ4v) is 1.96. The molecule has 0 bridgehead atoms. The van der Waals surface area contributed by atoms with E-state index in [4.69, 9.17) is 5.11 Å². The summed E-state index contributed by atoms with van der Waals surface area (Å²) in [5, 5.41) is 12.3. The molecule has 76 valence electrons. The Hall–Kier alpha value is -0.120. The summed E-state index contributed by atoms with van der Waals surface area (Å²) in [6, 6.07) is 1.56. The van der Waals surface area contributed by atoms with Crippen molar-refractivity contribution < 1.29 is 5.11 Å². The number of nitrogens with zero attached hydrogens (tertiary/aromatic N) is 1. The predicted molar refractivity (Wildman–Crippen MR) is 52.7 cm³/mol. The second-order valence-corrected chi connectivity index (χ2v) is 4.22. The molecule has 3 heteroatoms. The maximum Gasteiger partial charge on any atom is 0.0558 e. The second-order valence-electron chi connectivity index (χ2n) is 4.22. The van der Waals surface area contributed by atoms with E-state index in [1.165, 1.54) is 38.8 Å². The zero-order valence-corrected chi connectivity index (χ0v) is 8.21. The van der Waals surface area contributed by atoms with Crippen LogP contribution >= 0.6 is 0 Å². The van der Waals surface area contributed by atoms with Crippen molar-refractivity contribution in [2.24, 2.45) is 0 Å². The van der Waals surface area contributed by atoms with Crippen LogP contribution in [0.15, 0.2) is 0 Å². The van der Waals surface area contributed by atoms with Crippen LogP contribution in [0.3, 0.4) is 0 Å². The molecule has 1 unspecified atom stereocenters. The molecule has 2 fully saturated rings. The van der Waals surface area contributed by atoms with E-state index in [-0.39, 0.29) is 0 Å². The molecule has 0 aromatic carbocycles. The Balaban J connectivity index is 1.63. The summed E-state index contributed by atoms with van der Waals surface area (Å²) >= 11 is 0. The summed E-state index contributed by atoms with van der Waals surface area (Å²) in [5.41, 5.74) is 0. The summed E-state index contributed by atoms with van der Waals surface area (Å²) in [4.78, 5) is 2.44. The lowest BCUT2D eigenvalue weighted by Gasteiger charge is -2.30. The first-order valence-corrected chi connectivity index (χ1v) is 5.48. The molecule has 1 atom stereocenters. The summed E-state index contributed by atoms with van der Waals surface area (Å²) in [6.45, 7) is 3.56. The van der Waals surface area contributed by atoms with E-state index in [2.05, 4.69) is 10.2 Å². The van der Waals surface area contributed by atoms with Gasteiger partial charge in [0.1, 0.15) is 0 Å². The van der Waals surface area contributed by atoms with Gasteiger partial charge in [-0.3, -0.25) is 4.90 Å². The summed E-state index contributed by atoms with van der Waals surface area (Å²) in [7, 11) is 0. The van der Waals surface area contributed by atoms with Crippen LogP contribution in [0.4, 0.5) is 0 Å². The van der Waals surface area contributed by atoms with Gasteiger partial charge >= 0.3 is 0 Å². The zero-order chi connectivity index (χ0) is 9.10. The molecule has 3 nitrogen and oxygen atoms in total. The standard InChI is InChI=1S/C10H20N2O/c13-8-7-12(10-1-2-10)6-4-9-3-5-11-9/h9-11,13H,1-8H2. The first-order chi connectivity index (χ1) is 6.40. The van der Waals surface area contributed by atoms with Crippen LogP contribution in [0.5, 0.6) is 0 Å². The van der Waals surface area contributed by atoms with E-state index in [1.54, 1.807) is 0 Å². The third-order valence-corrected chi connectivity index (χ3v) is 3.14. The van der Waals surface area contributed by atoms with Crippen LogP contribution in [-0.2, 0) is 0 Å². The highest BCUT2D eigenvalue weighted by Crippen LogP contribution is 2.26. The summed E-state index contributed by atoms with van der Waals surface area (Å²) < 4.78 is 0. The van der Waals surface area contributed by atoms with Gasteiger partial charge in [0.25, 0.3) is 0 Å². The van der Waals surface area contributed by atoms with E-state index >= 15 is 0 Å². The van der Waals surface area contributed by atoms with E-state index in [1.807, 2.05) is 0 Å². The lowest BCUT2D eigenvalue weighted by molar-refractivity contribution is 0.176. The van der Waals surface area contributed by atoms with Crippen LogP contribution in [0, 0.1) is 0 Å². The van der Waals surface area contributed by atoms with Crippen molar-refractivity contribution in [2.75, 3.05) is 26.2 Å². The molecule has 2 N–H and O–H groups in total. The van der Waals surface area contributed by atoms with Gasteiger partial charge in [-0.2, -0.15) is 0 Å². The molecule has 1 aliphatic heterocycles. The first kappa shape index (κ1) is 9.44. The highest BCUT2D eigenvalue weighted by Gasteiger charge is 2.29. The predicted octanol–water partition coefficient (Wildman–Crippen LogP) is 0.195. The van der Waals surface area contributed by atoms with Crippen LogP contribution < -0.4 is 5.32 Å². The Bertz CT molecular complexity index is 155. The smallest absolute Gasteiger partial charge is 0.0558 e. The van der Waals surface area contributed by atoms with Crippen LogP contribution in [-0.4, -0.2) is 48.3 Å². The third-order valence-electron chi connectivity index (χ3n) is 3.14. The Kier molecular flexibility index (Phi) is 3.19. The molecule has 1 saturated heterocycles. The van der Waals surface area contributed by atoms with Crippen molar-refractivity contribution in [3.05, 3.63) is 0 Å². The molecule has 0 spiro atoms. The van der Waals surface area contributed by atoms with Gasteiger partial charge in [0.2, 0.25) is 0 Å². The van der Waals surface area contributed by atoms with Gasteiger partial charge in [-0.05, 0) is 32.2 Å². The molecule has 1 heterocycles. The van der Waals surface area contributed by atoms with Crippen LogP contribution in [0.25, 0.3) is 0 Å². The molecule has 0 aromatic rings. The SMILES string of the molecule is OCCN(CCC1CCN1)C1CC1. The average Bonchev–Trinajstić information content (AvgIpc) is 2.82. The van der Waals surface area contributed by atoms with Crippen molar-refractivity contribution in [1.82, 2.24) is 10.2 Å². The minimum Gasteiger partial charge on any atom is -0.395 e. The minimum atomic E-state index is 0.314. The van der Waals surface area contributed by atoms with Gasteiger partial charge in [-0.1, -0.05) is 0 Å². The third kappa shape index (κ3) is 2.66. The number of hydrogen-bond acceptors (Lipinski definition) is 3. The lowest BCUT2D eigenvalue weighted by Crippen LogP contribution is -2.45. The maximum absolute atomic E-state index is 8.89. The van der Waals surface area contributed by atoms with Gasteiger partial charge in [-0.15, -0.1) is 0 Å². The highest BCUT2D eigenvalue weighted by molar-refractivity contribution is 4.86. The number of nitrogens with one attached hydrogen (secondary N) is 1. The topological polar surface area (TPSA) is 35.5 Å². The Morgan fingerprint density at radius 2 is 2.00 bits per heavy atom. The second kappa shape index (κ2) is 4.40. The fourth-order valence-electron chi connectivity index (χ4n) is 1.96. The number of hydrogen-bond donors (Lipinski definition) is 2. The summed E-state index contributed by atoms with van der Waals surface area (Å²) in [5.74, 6) is 0. The number of rotatable bonds is 6. The summed E-state index contributed by atoms with van der Waals surface area (Å²) in [6.07, 6.45) is 5.30. The van der Waals surface area contributed by atoms with E-state index in [0.717, 1.165) is 18.6 Å². The van der Waals surface area contributed by atoms with Crippen molar-refractivity contribution in [2.45, 2.75) is 37.8 Å². The molecule has 13 heavy (non-hydrogen) atoms. The molecule has 0 amide bonds. The van der Waals surface area contributed by atoms with Crippen LogP contribution in [0.1, 0.15) is 25.7 Å². The van der Waals surface area contributed by atoms with Gasteiger partial charge in [0, 0.05) is 25.2 Å². The Morgan fingerprint density at radius 3 is 2.46 bits per heavy atom. The van der Waals surface area contributed by atoms with E-state index in [9.17, 15) is 0 Å². The zero-order valence-electron chi connectivity index (χ0n) is 8.21. The average molecular weight is 184 g/mol. The van der Waals surface area contributed by atoms with Crippen LogP contribution in [0.2, 0.25) is 0 Å². The Labute approximate surface area is 80.1 Å². The minimum absolute atomic E-state index is 0.314. The van der Waals surface area contributed by atoms with Crippen molar-refractivity contribution in [1.29, 1.82) is 0 Å². The quantitative estimate of drug-likeness (QED) is 0.619. The van der Waals surface area contributed by atoms with Crippen molar-refractivity contribution in [3.63, 3.8) is 0 Å². The van der Waals surface area contributed by atoms with Gasteiger partial charge in [0.05, 0.1) is 6.61 Å². The molecular weight excluding hydrogens is 164 g/mol. The van der Waals surface area contributed by atoms with E-state index < -0.39 is 0 Å². The first-order valence-electron chi connectivity index (χ1n) is 5.48. The highest BCUT2D eigenvalue weighted by atomic mass is 16.3. The Morgan fingerprint density at radius 1 is 1.23 bits per heavy atom. The molecular formula is C10H20N2O. The largest absolute Gasteiger partial charge is 0.395 e. The molecule has 0 aromatic heterocycles. The fraction of sp³-hybridized carbons (Fsp3) is 1.00. The molecule has 1 saturated carbocycles. The molecule has 2 rings (SSSR count). The number of aliphatic hydroxyl groups is 1. The molecule has 1 aliphatic carbocycles. The van der Waals surface area contributed by atoms with Gasteiger partial charge in [0.15, 0.2) is 0 Å². The van der Waals surface area contributed by atoms with Crippen molar-refractivity contribution >= 4 is 0 Å². The maximum atomic E-state index is 8.89. The number of aliphatic hydroxyl groups excluding tert-OH is 1. The normalized spacial score (nSPS) is 27.7. The van der Waals surface area contributed by atoms with Gasteiger partial charge < -0.3 is 10.4 Å². The van der Waals surface area contributed by atoms with E-state index in [0.29, 0.717) is 6.61 Å². The van der Waals surface area contributed by atoms with Crippen molar-refractivity contribution in [3.8, 4) is 0 Å². The monoisotopic (exact) mass is 184 g/mol. The van der Waals surface area contributed by atoms with Gasteiger partial charge in [-0.25, -0.2) is 0 Å². The molecule has 0 radical (unpaired) electrons. The lowest BCUT2D eigenvalue weighted by atomic mass is 10.0.